The summed E-state index contributed by atoms with van der Waals surface area (Å²) < 4.78 is 24.7. The molecule has 2 aromatic carbocycles. The summed E-state index contributed by atoms with van der Waals surface area (Å²) in [5.74, 6) is -2.44. The number of aryl methyl sites for hydroxylation is 2. The summed E-state index contributed by atoms with van der Waals surface area (Å²) in [4.78, 5) is 35.3. The van der Waals surface area contributed by atoms with Crippen LogP contribution in [0.1, 0.15) is 34.0 Å². The van der Waals surface area contributed by atoms with Gasteiger partial charge in [-0.1, -0.05) is 12.1 Å². The van der Waals surface area contributed by atoms with Gasteiger partial charge >= 0.3 is 5.97 Å². The zero-order valence-corrected chi connectivity index (χ0v) is 16.3. The molecule has 1 aromatic heterocycles. The highest BCUT2D eigenvalue weighted by Crippen LogP contribution is 2.27. The Morgan fingerprint density at radius 2 is 1.90 bits per heavy atom. The van der Waals surface area contributed by atoms with Crippen LogP contribution < -0.4 is 5.32 Å². The molecular formula is C22H20FNO5. The first-order chi connectivity index (χ1) is 13.8. The first-order valence-corrected chi connectivity index (χ1v) is 8.98. The maximum Gasteiger partial charge on any atom is 0.310 e. The van der Waals surface area contributed by atoms with Crippen molar-refractivity contribution < 1.29 is 27.9 Å². The molecule has 7 heteroatoms. The van der Waals surface area contributed by atoms with Crippen molar-refractivity contribution in [2.75, 3.05) is 11.9 Å². The molecule has 0 atom stereocenters. The van der Waals surface area contributed by atoms with E-state index in [4.69, 9.17) is 9.15 Å². The van der Waals surface area contributed by atoms with Crippen molar-refractivity contribution >= 4 is 34.3 Å². The number of rotatable bonds is 6. The molecule has 3 rings (SSSR count). The van der Waals surface area contributed by atoms with Crippen LogP contribution >= 0.6 is 0 Å². The van der Waals surface area contributed by atoms with E-state index in [9.17, 15) is 18.8 Å². The third-order valence-corrected chi connectivity index (χ3v) is 4.63. The van der Waals surface area contributed by atoms with Crippen LogP contribution in [0.3, 0.4) is 0 Å². The molecule has 0 saturated heterocycles. The van der Waals surface area contributed by atoms with Crippen molar-refractivity contribution in [3.05, 3.63) is 64.7 Å². The van der Waals surface area contributed by atoms with Crippen molar-refractivity contribution in [2.24, 2.45) is 0 Å². The molecule has 1 heterocycles. The molecule has 0 aliphatic rings. The van der Waals surface area contributed by atoms with Gasteiger partial charge in [0.15, 0.2) is 6.61 Å². The monoisotopic (exact) mass is 397 g/mol. The van der Waals surface area contributed by atoms with E-state index in [1.807, 2.05) is 26.0 Å². The molecule has 0 aliphatic heterocycles. The van der Waals surface area contributed by atoms with Crippen molar-refractivity contribution in [3.8, 4) is 0 Å². The number of benzene rings is 2. The predicted octanol–water partition coefficient (Wildman–Crippen LogP) is 4.12. The largest absolute Gasteiger partial charge is 0.464 e. The van der Waals surface area contributed by atoms with Crippen molar-refractivity contribution in [1.29, 1.82) is 0 Å². The van der Waals surface area contributed by atoms with E-state index >= 15 is 0 Å². The van der Waals surface area contributed by atoms with Gasteiger partial charge in [0.05, 0.1) is 18.2 Å². The second kappa shape index (κ2) is 8.26. The smallest absolute Gasteiger partial charge is 0.310 e. The van der Waals surface area contributed by atoms with Crippen molar-refractivity contribution in [1.82, 2.24) is 0 Å². The van der Waals surface area contributed by atoms with Gasteiger partial charge in [0, 0.05) is 23.6 Å². The Hall–Kier alpha value is -3.48. The quantitative estimate of drug-likeness (QED) is 0.500. The number of furan rings is 1. The molecule has 1 amide bonds. The highest BCUT2D eigenvalue weighted by Gasteiger charge is 2.17. The number of anilines is 1. The number of fused-ring (bicyclic) bond motifs is 1. The van der Waals surface area contributed by atoms with E-state index in [2.05, 4.69) is 5.32 Å². The number of carbonyl (C=O) groups excluding carboxylic acids is 3. The van der Waals surface area contributed by atoms with Crippen LogP contribution in [-0.4, -0.2) is 24.3 Å². The Balaban J connectivity index is 1.63. The highest BCUT2D eigenvalue weighted by molar-refractivity contribution is 5.99. The fourth-order valence-corrected chi connectivity index (χ4v) is 2.98. The third kappa shape index (κ3) is 4.51. The third-order valence-electron chi connectivity index (χ3n) is 4.63. The van der Waals surface area contributed by atoms with Crippen molar-refractivity contribution in [2.45, 2.75) is 27.2 Å². The maximum atomic E-state index is 14.1. The van der Waals surface area contributed by atoms with Gasteiger partial charge in [-0.3, -0.25) is 14.4 Å². The Bertz CT molecular complexity index is 1120. The second-order valence-electron chi connectivity index (χ2n) is 6.78. The number of nitrogens with one attached hydrogen (secondary N) is 1. The van der Waals surface area contributed by atoms with Gasteiger partial charge in [-0.05, 0) is 43.2 Å². The van der Waals surface area contributed by atoms with Crippen LogP contribution in [0.5, 0.6) is 0 Å². The van der Waals surface area contributed by atoms with Gasteiger partial charge in [0.25, 0.3) is 0 Å². The van der Waals surface area contributed by atoms with Gasteiger partial charge in [-0.25, -0.2) is 4.39 Å². The number of carbonyl (C=O) groups is 3. The fourth-order valence-electron chi connectivity index (χ4n) is 2.98. The molecule has 150 valence electrons. The average molecular weight is 397 g/mol. The zero-order valence-electron chi connectivity index (χ0n) is 16.3. The number of halogens is 1. The molecule has 3 aromatic rings. The summed E-state index contributed by atoms with van der Waals surface area (Å²) in [6.07, 6.45) is 1.44. The summed E-state index contributed by atoms with van der Waals surface area (Å²) in [7, 11) is 0. The van der Waals surface area contributed by atoms with Gasteiger partial charge < -0.3 is 14.5 Å². The molecule has 1 N–H and O–H groups in total. The zero-order chi connectivity index (χ0) is 21.1. The lowest BCUT2D eigenvalue weighted by Gasteiger charge is -2.07. The Morgan fingerprint density at radius 3 is 2.59 bits per heavy atom. The van der Waals surface area contributed by atoms with Gasteiger partial charge in [-0.15, -0.1) is 0 Å². The molecule has 6 nitrogen and oxygen atoms in total. The van der Waals surface area contributed by atoms with E-state index in [1.165, 1.54) is 25.3 Å². The number of Topliss-reactive ketones (excluding diaryl/α,β-unsaturated/α-hetero) is 1. The first-order valence-electron chi connectivity index (χ1n) is 8.98. The molecular weight excluding hydrogens is 377 g/mol. The lowest BCUT2D eigenvalue weighted by Crippen LogP contribution is -2.17. The number of hydrogen-bond acceptors (Lipinski definition) is 5. The fraction of sp³-hybridized carbons (Fsp3) is 0.227. The Morgan fingerprint density at radius 1 is 1.14 bits per heavy atom. The van der Waals surface area contributed by atoms with E-state index in [-0.39, 0.29) is 23.6 Å². The minimum Gasteiger partial charge on any atom is -0.464 e. The number of amides is 1. The van der Waals surface area contributed by atoms with E-state index in [0.29, 0.717) is 11.1 Å². The highest BCUT2D eigenvalue weighted by atomic mass is 19.1. The molecule has 0 aliphatic carbocycles. The van der Waals surface area contributed by atoms with Crippen LogP contribution in [-0.2, 0) is 20.7 Å². The summed E-state index contributed by atoms with van der Waals surface area (Å²) >= 11 is 0. The van der Waals surface area contributed by atoms with Gasteiger partial charge in [-0.2, -0.15) is 0 Å². The standard InChI is InChI=1S/C22H20FNO5/c1-12-4-6-17-15(10-29-22(17)13(12)2)8-21(27)28-11-20(26)18-7-5-16(9-19(18)23)24-14(3)25/h4-7,9-10H,8,11H2,1-3H3,(H,24,25). The normalized spacial score (nSPS) is 10.8. The molecule has 29 heavy (non-hydrogen) atoms. The van der Waals surface area contributed by atoms with Crippen LogP contribution in [0, 0.1) is 19.7 Å². The van der Waals surface area contributed by atoms with Gasteiger partial charge in [0.2, 0.25) is 11.7 Å². The van der Waals surface area contributed by atoms with Crippen LogP contribution in [0.25, 0.3) is 11.0 Å². The molecule has 0 fully saturated rings. The number of esters is 1. The second-order valence-corrected chi connectivity index (χ2v) is 6.78. The number of ether oxygens (including phenoxy) is 1. The lowest BCUT2D eigenvalue weighted by atomic mass is 10.0. The Kier molecular flexibility index (Phi) is 5.77. The minimum atomic E-state index is -0.802. The summed E-state index contributed by atoms with van der Waals surface area (Å²) in [6, 6.07) is 7.51. The molecule has 0 spiro atoms. The van der Waals surface area contributed by atoms with E-state index in [1.54, 1.807) is 0 Å². The average Bonchev–Trinajstić information content (AvgIpc) is 3.05. The van der Waals surface area contributed by atoms with Gasteiger partial charge in [0.1, 0.15) is 11.4 Å². The Labute approximate surface area is 166 Å². The van der Waals surface area contributed by atoms with Crippen LogP contribution in [0.4, 0.5) is 10.1 Å². The van der Waals surface area contributed by atoms with E-state index < -0.39 is 24.2 Å². The molecule has 0 bridgehead atoms. The number of ketones is 1. The van der Waals surface area contributed by atoms with Crippen LogP contribution in [0.15, 0.2) is 41.0 Å². The summed E-state index contributed by atoms with van der Waals surface area (Å²) in [6.45, 7) is 4.62. The molecule has 0 saturated carbocycles. The minimum absolute atomic E-state index is 0.0628. The SMILES string of the molecule is CC(=O)Nc1ccc(C(=O)COC(=O)Cc2coc3c(C)c(C)ccc23)c(F)c1. The number of hydrogen-bond donors (Lipinski definition) is 1. The lowest BCUT2D eigenvalue weighted by molar-refractivity contribution is -0.141. The summed E-state index contributed by atoms with van der Waals surface area (Å²) in [5, 5.41) is 3.24. The van der Waals surface area contributed by atoms with Crippen molar-refractivity contribution in [3.63, 3.8) is 0 Å². The molecule has 0 unspecified atom stereocenters. The van der Waals surface area contributed by atoms with Crippen LogP contribution in [0.2, 0.25) is 0 Å². The topological polar surface area (TPSA) is 85.6 Å². The predicted molar refractivity (Wildman–Crippen MR) is 105 cm³/mol. The maximum absolute atomic E-state index is 14.1. The summed E-state index contributed by atoms with van der Waals surface area (Å²) in [5.41, 5.74) is 3.47. The van der Waals surface area contributed by atoms with E-state index in [0.717, 1.165) is 22.6 Å². The first kappa shape index (κ1) is 20.3. The molecule has 0 radical (unpaired) electrons.